The van der Waals surface area contributed by atoms with Gasteiger partial charge in [-0.25, -0.2) is 0 Å². The average Bonchev–Trinajstić information content (AvgIpc) is 2.20. The lowest BCUT2D eigenvalue weighted by atomic mass is 9.95. The van der Waals surface area contributed by atoms with E-state index in [4.69, 9.17) is 0 Å². The summed E-state index contributed by atoms with van der Waals surface area (Å²) in [5.74, 6) is 0.560. The molecule has 1 unspecified atom stereocenters. The van der Waals surface area contributed by atoms with E-state index in [1.165, 1.54) is 51.4 Å². The summed E-state index contributed by atoms with van der Waals surface area (Å²) in [5.41, 5.74) is 0. The van der Waals surface area contributed by atoms with E-state index in [1.807, 2.05) is 0 Å². The van der Waals surface area contributed by atoms with E-state index in [-0.39, 0.29) is 0 Å². The number of rotatable bonds is 10. The molecule has 0 bridgehead atoms. The summed E-state index contributed by atoms with van der Waals surface area (Å²) < 4.78 is 0. The molecule has 0 fully saturated rings. The molecule has 0 radical (unpaired) electrons. The van der Waals surface area contributed by atoms with Gasteiger partial charge in [0.25, 0.3) is 0 Å². The van der Waals surface area contributed by atoms with Crippen molar-refractivity contribution in [1.82, 2.24) is 0 Å². The molecule has 0 aliphatic rings. The molecule has 0 spiro atoms. The molecule has 1 atom stereocenters. The fourth-order valence-corrected chi connectivity index (χ4v) is 1.78. The van der Waals surface area contributed by atoms with Crippen LogP contribution >= 0.6 is 0 Å². The Bertz CT molecular complexity index is 125. The minimum atomic E-state index is 0.534. The van der Waals surface area contributed by atoms with Gasteiger partial charge in [-0.15, -0.1) is 0 Å². The van der Waals surface area contributed by atoms with Crippen molar-refractivity contribution in [1.29, 1.82) is 0 Å². The van der Waals surface area contributed by atoms with Crippen LogP contribution in [0.3, 0.4) is 0 Å². The first-order chi connectivity index (χ1) is 6.85. The highest BCUT2D eigenvalue weighted by Crippen LogP contribution is 2.17. The van der Waals surface area contributed by atoms with Gasteiger partial charge in [0.2, 0.25) is 0 Å². The highest BCUT2D eigenvalue weighted by Gasteiger charge is 2.07. The number of hydrogen-bond acceptors (Lipinski definition) is 2. The number of nitrogens with zero attached hydrogens (tertiary/aromatic N) is 1. The van der Waals surface area contributed by atoms with Crippen LogP contribution < -0.4 is 0 Å². The van der Waals surface area contributed by atoms with Gasteiger partial charge in [0.05, 0.1) is 6.54 Å². The van der Waals surface area contributed by atoms with Crippen LogP contribution in [0.4, 0.5) is 0 Å². The Balaban J connectivity index is 3.45. The number of nitroso groups, excluding NO2 is 1. The fraction of sp³-hybridized carbons (Fsp3) is 1.00. The molecule has 0 aromatic carbocycles. The second kappa shape index (κ2) is 10.7. The normalized spacial score (nSPS) is 12.7. The summed E-state index contributed by atoms with van der Waals surface area (Å²) in [6.45, 7) is 4.95. The molecule has 84 valence electrons. The molecule has 0 aliphatic heterocycles. The highest BCUT2D eigenvalue weighted by molar-refractivity contribution is 4.62. The molecule has 0 aromatic heterocycles. The van der Waals surface area contributed by atoms with E-state index in [0.717, 1.165) is 0 Å². The maximum Gasteiger partial charge on any atom is 0.0839 e. The lowest BCUT2D eigenvalue weighted by Crippen LogP contribution is -2.04. The van der Waals surface area contributed by atoms with E-state index in [1.54, 1.807) is 0 Å². The Labute approximate surface area is 88.4 Å². The largest absolute Gasteiger partial charge is 0.151 e. The van der Waals surface area contributed by atoms with Crippen molar-refractivity contribution in [3.63, 3.8) is 0 Å². The van der Waals surface area contributed by atoms with Gasteiger partial charge in [-0.2, -0.15) is 4.91 Å². The van der Waals surface area contributed by atoms with E-state index < -0.39 is 0 Å². The quantitative estimate of drug-likeness (QED) is 0.375. The zero-order valence-electron chi connectivity index (χ0n) is 9.80. The molecule has 0 rings (SSSR count). The van der Waals surface area contributed by atoms with Crippen molar-refractivity contribution in [2.45, 2.75) is 65.2 Å². The molecule has 0 aliphatic carbocycles. The van der Waals surface area contributed by atoms with E-state index in [0.29, 0.717) is 12.5 Å². The summed E-state index contributed by atoms with van der Waals surface area (Å²) in [4.78, 5) is 10.2. The maximum atomic E-state index is 10.2. The van der Waals surface area contributed by atoms with Gasteiger partial charge >= 0.3 is 0 Å². The van der Waals surface area contributed by atoms with Crippen molar-refractivity contribution in [3.05, 3.63) is 4.91 Å². The number of unbranched alkanes of at least 4 members (excludes halogenated alkanes) is 4. The summed E-state index contributed by atoms with van der Waals surface area (Å²) in [7, 11) is 0. The molecular formula is C12H25NO. The van der Waals surface area contributed by atoms with Gasteiger partial charge < -0.3 is 0 Å². The topological polar surface area (TPSA) is 29.4 Å². The standard InChI is InChI=1S/C12H25NO/c1-3-5-7-8-10-12(11-13-14)9-6-4-2/h12H,3-11H2,1-2H3. The monoisotopic (exact) mass is 199 g/mol. The van der Waals surface area contributed by atoms with E-state index in [9.17, 15) is 4.91 Å². The van der Waals surface area contributed by atoms with Crippen molar-refractivity contribution in [2.24, 2.45) is 11.1 Å². The van der Waals surface area contributed by atoms with Gasteiger partial charge in [-0.3, -0.25) is 0 Å². The Kier molecular flexibility index (Phi) is 10.4. The molecule has 0 saturated heterocycles. The van der Waals surface area contributed by atoms with Crippen LogP contribution in [0.15, 0.2) is 5.18 Å². The van der Waals surface area contributed by atoms with Gasteiger partial charge in [0, 0.05) is 0 Å². The maximum absolute atomic E-state index is 10.2. The molecule has 2 nitrogen and oxygen atoms in total. The Morgan fingerprint density at radius 2 is 1.57 bits per heavy atom. The van der Waals surface area contributed by atoms with Crippen LogP contribution in [0.2, 0.25) is 0 Å². The van der Waals surface area contributed by atoms with Crippen molar-refractivity contribution in [3.8, 4) is 0 Å². The van der Waals surface area contributed by atoms with Crippen LogP contribution in [0.5, 0.6) is 0 Å². The molecule has 0 saturated carbocycles. The van der Waals surface area contributed by atoms with Gasteiger partial charge in [0.15, 0.2) is 0 Å². The fourth-order valence-electron chi connectivity index (χ4n) is 1.78. The zero-order chi connectivity index (χ0) is 10.6. The Morgan fingerprint density at radius 3 is 2.14 bits per heavy atom. The minimum absolute atomic E-state index is 0.534. The molecular weight excluding hydrogens is 174 g/mol. The van der Waals surface area contributed by atoms with Crippen molar-refractivity contribution < 1.29 is 0 Å². The molecule has 2 heteroatoms. The zero-order valence-corrected chi connectivity index (χ0v) is 9.80. The van der Waals surface area contributed by atoms with Crippen LogP contribution in [0.1, 0.15) is 65.2 Å². The Morgan fingerprint density at radius 1 is 0.929 bits per heavy atom. The van der Waals surface area contributed by atoms with Crippen LogP contribution in [-0.2, 0) is 0 Å². The lowest BCUT2D eigenvalue weighted by molar-refractivity contribution is 0.421. The second-order valence-electron chi connectivity index (χ2n) is 4.17. The van der Waals surface area contributed by atoms with Gasteiger partial charge in [0.1, 0.15) is 0 Å². The first-order valence-electron chi connectivity index (χ1n) is 6.14. The second-order valence-corrected chi connectivity index (χ2v) is 4.17. The molecule has 0 heterocycles. The predicted molar refractivity (Wildman–Crippen MR) is 62.4 cm³/mol. The van der Waals surface area contributed by atoms with Crippen LogP contribution in [0, 0.1) is 10.8 Å². The first kappa shape index (κ1) is 13.6. The van der Waals surface area contributed by atoms with Crippen LogP contribution in [0.25, 0.3) is 0 Å². The number of hydrogen-bond donors (Lipinski definition) is 0. The minimum Gasteiger partial charge on any atom is -0.151 e. The van der Waals surface area contributed by atoms with Crippen molar-refractivity contribution >= 4 is 0 Å². The summed E-state index contributed by atoms with van der Waals surface area (Å²) in [5, 5.41) is 3.04. The first-order valence-corrected chi connectivity index (χ1v) is 6.14. The summed E-state index contributed by atoms with van der Waals surface area (Å²) in [6.07, 6.45) is 10.1. The smallest absolute Gasteiger partial charge is 0.0839 e. The average molecular weight is 199 g/mol. The van der Waals surface area contributed by atoms with E-state index in [2.05, 4.69) is 19.0 Å². The molecule has 0 amide bonds. The predicted octanol–water partition coefficient (Wildman–Crippen LogP) is 4.53. The lowest BCUT2D eigenvalue weighted by Gasteiger charge is -2.12. The molecule has 14 heavy (non-hydrogen) atoms. The van der Waals surface area contributed by atoms with Gasteiger partial charge in [-0.1, -0.05) is 57.5 Å². The molecule has 0 N–H and O–H groups in total. The SMILES string of the molecule is CCCCCCC(CCCC)CN=O. The van der Waals surface area contributed by atoms with E-state index >= 15 is 0 Å². The molecule has 0 aromatic rings. The van der Waals surface area contributed by atoms with Crippen LogP contribution in [-0.4, -0.2) is 6.54 Å². The highest BCUT2D eigenvalue weighted by atomic mass is 16.3. The van der Waals surface area contributed by atoms with Crippen molar-refractivity contribution in [2.75, 3.05) is 6.54 Å². The summed E-state index contributed by atoms with van der Waals surface area (Å²) in [6, 6.07) is 0. The third-order valence-electron chi connectivity index (χ3n) is 2.76. The Hall–Kier alpha value is -0.400. The summed E-state index contributed by atoms with van der Waals surface area (Å²) >= 11 is 0. The van der Waals surface area contributed by atoms with Gasteiger partial charge in [-0.05, 0) is 18.8 Å². The third kappa shape index (κ3) is 8.21. The third-order valence-corrected chi connectivity index (χ3v) is 2.76.